The van der Waals surface area contributed by atoms with Crippen LogP contribution in [0, 0.1) is 6.92 Å². The first-order chi connectivity index (χ1) is 7.79. The van der Waals surface area contributed by atoms with Crippen molar-refractivity contribution >= 4 is 5.69 Å². The van der Waals surface area contributed by atoms with Crippen molar-refractivity contribution in [2.24, 2.45) is 0 Å². The van der Waals surface area contributed by atoms with Crippen molar-refractivity contribution in [2.75, 3.05) is 12.4 Å². The molecule has 16 heavy (non-hydrogen) atoms. The van der Waals surface area contributed by atoms with Crippen LogP contribution in [0.1, 0.15) is 11.3 Å². The van der Waals surface area contributed by atoms with Crippen LogP contribution in [0.15, 0.2) is 30.5 Å². The van der Waals surface area contributed by atoms with E-state index in [-0.39, 0.29) is 0 Å². The van der Waals surface area contributed by atoms with Crippen molar-refractivity contribution in [3.63, 3.8) is 0 Å². The summed E-state index contributed by atoms with van der Waals surface area (Å²) in [5.74, 6) is 0.866. The Morgan fingerprint density at radius 1 is 1.31 bits per heavy atom. The average molecular weight is 217 g/mol. The first kappa shape index (κ1) is 10.5. The number of ether oxygens (including phenoxy) is 1. The molecule has 0 aliphatic rings. The maximum absolute atomic E-state index is 5.10. The van der Waals surface area contributed by atoms with Crippen LogP contribution in [-0.4, -0.2) is 17.3 Å². The normalized spacial score (nSPS) is 10.1. The van der Waals surface area contributed by atoms with Gasteiger partial charge in [-0.15, -0.1) is 0 Å². The topological polar surface area (TPSA) is 49.9 Å². The lowest BCUT2D eigenvalue weighted by Gasteiger charge is -2.06. The second kappa shape index (κ2) is 4.70. The molecule has 1 aromatic carbocycles. The first-order valence-corrected chi connectivity index (χ1v) is 5.16. The number of benzene rings is 1. The van der Waals surface area contributed by atoms with E-state index in [1.165, 1.54) is 5.56 Å². The summed E-state index contributed by atoms with van der Waals surface area (Å²) >= 11 is 0. The Labute approximate surface area is 94.6 Å². The van der Waals surface area contributed by atoms with Gasteiger partial charge in [0.2, 0.25) is 0 Å². The van der Waals surface area contributed by atoms with Gasteiger partial charge in [-0.05, 0) is 31.2 Å². The van der Waals surface area contributed by atoms with Crippen LogP contribution in [0.4, 0.5) is 5.69 Å². The van der Waals surface area contributed by atoms with Gasteiger partial charge < -0.3 is 10.1 Å². The lowest BCUT2D eigenvalue weighted by molar-refractivity contribution is 0.415. The molecule has 4 nitrogen and oxygen atoms in total. The molecule has 1 aromatic heterocycles. The summed E-state index contributed by atoms with van der Waals surface area (Å²) in [6, 6.07) is 7.86. The van der Waals surface area contributed by atoms with Gasteiger partial charge in [-0.3, -0.25) is 5.10 Å². The summed E-state index contributed by atoms with van der Waals surface area (Å²) in [6.07, 6.45) is 1.84. The van der Waals surface area contributed by atoms with E-state index in [1.54, 1.807) is 7.11 Å². The van der Waals surface area contributed by atoms with E-state index in [0.29, 0.717) is 0 Å². The SMILES string of the molecule is COc1ccc(NCc2cn[nH]c2C)cc1. The zero-order valence-corrected chi connectivity index (χ0v) is 9.45. The third kappa shape index (κ3) is 2.34. The number of nitrogens with one attached hydrogen (secondary N) is 2. The molecule has 0 saturated carbocycles. The Bertz CT molecular complexity index is 448. The van der Waals surface area contributed by atoms with E-state index in [4.69, 9.17) is 4.74 Å². The van der Waals surface area contributed by atoms with Crippen molar-refractivity contribution in [2.45, 2.75) is 13.5 Å². The van der Waals surface area contributed by atoms with Gasteiger partial charge in [0.25, 0.3) is 0 Å². The van der Waals surface area contributed by atoms with Crippen molar-refractivity contribution in [3.8, 4) is 5.75 Å². The lowest BCUT2D eigenvalue weighted by Crippen LogP contribution is -1.99. The Balaban J connectivity index is 1.97. The number of aromatic amines is 1. The second-order valence-corrected chi connectivity index (χ2v) is 3.60. The molecule has 0 amide bonds. The molecule has 0 atom stereocenters. The van der Waals surface area contributed by atoms with Crippen molar-refractivity contribution < 1.29 is 4.74 Å². The van der Waals surface area contributed by atoms with Crippen LogP contribution in [0.25, 0.3) is 0 Å². The van der Waals surface area contributed by atoms with Crippen LogP contribution in [0.2, 0.25) is 0 Å². The molecule has 4 heteroatoms. The Morgan fingerprint density at radius 3 is 2.62 bits per heavy atom. The Morgan fingerprint density at radius 2 is 2.06 bits per heavy atom. The molecule has 2 aromatic rings. The summed E-state index contributed by atoms with van der Waals surface area (Å²) in [7, 11) is 1.66. The largest absolute Gasteiger partial charge is 0.497 e. The fraction of sp³-hybridized carbons (Fsp3) is 0.250. The molecular formula is C12H15N3O. The quantitative estimate of drug-likeness (QED) is 0.826. The van der Waals surface area contributed by atoms with E-state index in [0.717, 1.165) is 23.7 Å². The van der Waals surface area contributed by atoms with Crippen LogP contribution in [0.5, 0.6) is 5.75 Å². The van der Waals surface area contributed by atoms with Gasteiger partial charge in [-0.25, -0.2) is 0 Å². The smallest absolute Gasteiger partial charge is 0.119 e. The summed E-state index contributed by atoms with van der Waals surface area (Å²) < 4.78 is 5.10. The van der Waals surface area contributed by atoms with Crippen LogP contribution >= 0.6 is 0 Å². The number of nitrogens with zero attached hydrogens (tertiary/aromatic N) is 1. The minimum absolute atomic E-state index is 0.772. The van der Waals surface area contributed by atoms with E-state index >= 15 is 0 Å². The van der Waals surface area contributed by atoms with Crippen LogP contribution < -0.4 is 10.1 Å². The number of methoxy groups -OCH3 is 1. The number of anilines is 1. The summed E-state index contributed by atoms with van der Waals surface area (Å²) in [5, 5.41) is 10.2. The summed E-state index contributed by atoms with van der Waals surface area (Å²) in [4.78, 5) is 0. The van der Waals surface area contributed by atoms with E-state index < -0.39 is 0 Å². The zero-order valence-electron chi connectivity index (χ0n) is 9.45. The molecule has 0 unspecified atom stereocenters. The molecule has 84 valence electrons. The van der Waals surface area contributed by atoms with Gasteiger partial charge in [0, 0.05) is 23.5 Å². The fourth-order valence-corrected chi connectivity index (χ4v) is 1.46. The molecule has 1 heterocycles. The minimum Gasteiger partial charge on any atom is -0.497 e. The predicted molar refractivity (Wildman–Crippen MR) is 63.6 cm³/mol. The highest BCUT2D eigenvalue weighted by Gasteiger charge is 1.99. The highest BCUT2D eigenvalue weighted by molar-refractivity contribution is 5.46. The monoisotopic (exact) mass is 217 g/mol. The highest BCUT2D eigenvalue weighted by Crippen LogP contribution is 2.16. The van der Waals surface area contributed by atoms with Gasteiger partial charge in [0.1, 0.15) is 5.75 Å². The molecule has 0 radical (unpaired) electrons. The average Bonchev–Trinajstić information content (AvgIpc) is 2.73. The van der Waals surface area contributed by atoms with Crippen LogP contribution in [-0.2, 0) is 6.54 Å². The van der Waals surface area contributed by atoms with Crippen molar-refractivity contribution in [3.05, 3.63) is 41.7 Å². The molecule has 0 aliphatic heterocycles. The predicted octanol–water partition coefficient (Wildman–Crippen LogP) is 2.34. The number of aromatic nitrogens is 2. The molecule has 0 fully saturated rings. The lowest BCUT2D eigenvalue weighted by atomic mass is 10.2. The first-order valence-electron chi connectivity index (χ1n) is 5.16. The van der Waals surface area contributed by atoms with Crippen LogP contribution in [0.3, 0.4) is 0 Å². The van der Waals surface area contributed by atoms with Gasteiger partial charge in [0.05, 0.1) is 13.3 Å². The molecule has 0 bridgehead atoms. The fourth-order valence-electron chi connectivity index (χ4n) is 1.46. The molecule has 2 N–H and O–H groups in total. The third-order valence-corrected chi connectivity index (χ3v) is 2.51. The second-order valence-electron chi connectivity index (χ2n) is 3.60. The molecule has 0 aliphatic carbocycles. The standard InChI is InChI=1S/C12H15N3O/c1-9-10(8-14-15-9)7-13-11-3-5-12(16-2)6-4-11/h3-6,8,13H,7H2,1-2H3,(H,14,15). The van der Waals surface area contributed by atoms with Gasteiger partial charge >= 0.3 is 0 Å². The zero-order chi connectivity index (χ0) is 11.4. The van der Waals surface area contributed by atoms with Gasteiger partial charge in [-0.2, -0.15) is 5.10 Å². The Hall–Kier alpha value is -1.97. The molecule has 2 rings (SSSR count). The molecule has 0 spiro atoms. The highest BCUT2D eigenvalue weighted by atomic mass is 16.5. The molecular weight excluding hydrogens is 202 g/mol. The maximum Gasteiger partial charge on any atom is 0.119 e. The number of aryl methyl sites for hydroxylation is 1. The maximum atomic E-state index is 5.10. The summed E-state index contributed by atoms with van der Waals surface area (Å²) in [5.41, 5.74) is 3.35. The van der Waals surface area contributed by atoms with Gasteiger partial charge in [0.15, 0.2) is 0 Å². The number of hydrogen-bond acceptors (Lipinski definition) is 3. The Kier molecular flexibility index (Phi) is 3.10. The number of hydrogen-bond donors (Lipinski definition) is 2. The summed E-state index contributed by atoms with van der Waals surface area (Å²) in [6.45, 7) is 2.78. The van der Waals surface area contributed by atoms with Crippen molar-refractivity contribution in [1.82, 2.24) is 10.2 Å². The van der Waals surface area contributed by atoms with Crippen molar-refractivity contribution in [1.29, 1.82) is 0 Å². The minimum atomic E-state index is 0.772. The van der Waals surface area contributed by atoms with E-state index in [1.807, 2.05) is 37.4 Å². The number of H-pyrrole nitrogens is 1. The van der Waals surface area contributed by atoms with E-state index in [2.05, 4.69) is 15.5 Å². The third-order valence-electron chi connectivity index (χ3n) is 2.51. The van der Waals surface area contributed by atoms with Gasteiger partial charge in [-0.1, -0.05) is 0 Å². The number of rotatable bonds is 4. The van der Waals surface area contributed by atoms with E-state index in [9.17, 15) is 0 Å². The molecule has 0 saturated heterocycles.